The predicted octanol–water partition coefficient (Wildman–Crippen LogP) is -0.891. The number of thioether (sulfide) groups is 1. The number of halogens is 1. The summed E-state index contributed by atoms with van der Waals surface area (Å²) in [6, 6.07) is 9.85. The highest BCUT2D eigenvalue weighted by Crippen LogP contribution is 2.32. The van der Waals surface area contributed by atoms with Gasteiger partial charge in [0.25, 0.3) is 0 Å². The SMILES string of the molecule is O=C(C[NH+]1CSC2=C1CCCC2)OCc1ccccc1.[Br-]. The van der Waals surface area contributed by atoms with Crippen LogP contribution < -0.4 is 21.9 Å². The van der Waals surface area contributed by atoms with Gasteiger partial charge in [0.15, 0.2) is 6.54 Å². The van der Waals surface area contributed by atoms with Crippen LogP contribution in [0.3, 0.4) is 0 Å². The zero-order valence-electron chi connectivity index (χ0n) is 11.9. The lowest BCUT2D eigenvalue weighted by atomic mass is 10.0. The molecule has 0 spiro atoms. The van der Waals surface area contributed by atoms with Gasteiger partial charge in [-0.1, -0.05) is 42.1 Å². The Labute approximate surface area is 140 Å². The molecule has 1 heterocycles. The second-order valence-electron chi connectivity index (χ2n) is 5.32. The fourth-order valence-electron chi connectivity index (χ4n) is 2.79. The maximum atomic E-state index is 12.0. The molecule has 0 aromatic heterocycles. The van der Waals surface area contributed by atoms with E-state index >= 15 is 0 Å². The van der Waals surface area contributed by atoms with Crippen molar-refractivity contribution in [1.29, 1.82) is 0 Å². The lowest BCUT2D eigenvalue weighted by molar-refractivity contribution is -0.838. The van der Waals surface area contributed by atoms with Gasteiger partial charge in [-0.3, -0.25) is 4.90 Å². The minimum Gasteiger partial charge on any atom is -1.00 e. The Balaban J connectivity index is 0.00000161. The van der Waals surface area contributed by atoms with Crippen LogP contribution in [0.4, 0.5) is 0 Å². The first kappa shape index (κ1) is 16.6. The molecule has 1 unspecified atom stereocenters. The first-order valence-electron chi connectivity index (χ1n) is 7.22. The van der Waals surface area contributed by atoms with Crippen LogP contribution in [0.1, 0.15) is 31.2 Å². The summed E-state index contributed by atoms with van der Waals surface area (Å²) in [6.45, 7) is 0.852. The molecule has 0 amide bonds. The van der Waals surface area contributed by atoms with Crippen LogP contribution in [0.25, 0.3) is 0 Å². The number of rotatable bonds is 4. The molecule has 2 aliphatic rings. The van der Waals surface area contributed by atoms with E-state index in [1.807, 2.05) is 42.1 Å². The number of ether oxygens (including phenoxy) is 1. The van der Waals surface area contributed by atoms with Gasteiger partial charge in [-0.05, 0) is 24.8 Å². The Morgan fingerprint density at radius 3 is 2.76 bits per heavy atom. The number of benzene rings is 1. The van der Waals surface area contributed by atoms with Gasteiger partial charge in [0.2, 0.25) is 0 Å². The van der Waals surface area contributed by atoms with Crippen molar-refractivity contribution in [2.24, 2.45) is 0 Å². The smallest absolute Gasteiger partial charge is 0.362 e. The van der Waals surface area contributed by atoms with Crippen molar-refractivity contribution < 1.29 is 31.4 Å². The second-order valence-corrected chi connectivity index (χ2v) is 6.39. The quantitative estimate of drug-likeness (QED) is 0.698. The van der Waals surface area contributed by atoms with Crippen LogP contribution in [0.15, 0.2) is 40.9 Å². The minimum absolute atomic E-state index is 0. The summed E-state index contributed by atoms with van der Waals surface area (Å²) < 4.78 is 5.38. The molecule has 1 aliphatic carbocycles. The van der Waals surface area contributed by atoms with Crippen LogP contribution in [0, 0.1) is 0 Å². The highest BCUT2D eigenvalue weighted by atomic mass is 79.9. The number of hydrogen-bond donors (Lipinski definition) is 1. The molecule has 0 radical (unpaired) electrons. The highest BCUT2D eigenvalue weighted by Gasteiger charge is 2.31. The van der Waals surface area contributed by atoms with Crippen LogP contribution in [0.2, 0.25) is 0 Å². The first-order chi connectivity index (χ1) is 9.83. The largest absolute Gasteiger partial charge is 1.00 e. The van der Waals surface area contributed by atoms with Crippen LogP contribution in [-0.4, -0.2) is 18.4 Å². The topological polar surface area (TPSA) is 30.7 Å². The van der Waals surface area contributed by atoms with Gasteiger partial charge in [-0.15, -0.1) is 0 Å². The van der Waals surface area contributed by atoms with Crippen molar-refractivity contribution in [1.82, 2.24) is 0 Å². The molecule has 1 aromatic rings. The summed E-state index contributed by atoms with van der Waals surface area (Å²) in [5.74, 6) is 0.897. The van der Waals surface area contributed by atoms with Crippen molar-refractivity contribution >= 4 is 17.7 Å². The summed E-state index contributed by atoms with van der Waals surface area (Å²) >= 11 is 1.93. The molecule has 0 fully saturated rings. The number of quaternary nitrogens is 1. The van der Waals surface area contributed by atoms with Gasteiger partial charge < -0.3 is 21.7 Å². The number of allylic oxidation sites excluding steroid dienone is 2. The number of carbonyl (C=O) groups is 1. The normalized spacial score (nSPS) is 20.7. The predicted molar refractivity (Wildman–Crippen MR) is 80.0 cm³/mol. The Morgan fingerprint density at radius 2 is 1.95 bits per heavy atom. The molecular formula is C16H20BrNO2S. The van der Waals surface area contributed by atoms with Crippen LogP contribution in [0.5, 0.6) is 0 Å². The van der Waals surface area contributed by atoms with Gasteiger partial charge in [-0.2, -0.15) is 0 Å². The molecule has 114 valence electrons. The Bertz CT molecular complexity index is 518. The summed E-state index contributed by atoms with van der Waals surface area (Å²) in [5, 5.41) is 0. The molecule has 1 N–H and O–H groups in total. The molecule has 1 aliphatic heterocycles. The van der Waals surface area contributed by atoms with Crippen molar-refractivity contribution in [2.45, 2.75) is 32.3 Å². The Morgan fingerprint density at radius 1 is 1.19 bits per heavy atom. The van der Waals surface area contributed by atoms with E-state index in [1.54, 1.807) is 0 Å². The van der Waals surface area contributed by atoms with Crippen molar-refractivity contribution in [3.63, 3.8) is 0 Å². The van der Waals surface area contributed by atoms with Crippen molar-refractivity contribution in [3.05, 3.63) is 46.5 Å². The summed E-state index contributed by atoms with van der Waals surface area (Å²) in [7, 11) is 0. The number of esters is 1. The minimum atomic E-state index is -0.0937. The highest BCUT2D eigenvalue weighted by molar-refractivity contribution is 8.03. The monoisotopic (exact) mass is 369 g/mol. The molecule has 5 heteroatoms. The molecule has 1 atom stereocenters. The molecule has 1 aromatic carbocycles. The maximum absolute atomic E-state index is 12.0. The third-order valence-electron chi connectivity index (χ3n) is 3.86. The second kappa shape index (κ2) is 8.01. The van der Waals surface area contributed by atoms with Gasteiger partial charge in [0.1, 0.15) is 18.2 Å². The molecule has 0 saturated carbocycles. The maximum Gasteiger partial charge on any atom is 0.362 e. The van der Waals surface area contributed by atoms with Gasteiger partial charge >= 0.3 is 5.97 Å². The third kappa shape index (κ3) is 4.34. The van der Waals surface area contributed by atoms with E-state index < -0.39 is 0 Å². The lowest BCUT2D eigenvalue weighted by Gasteiger charge is -2.17. The van der Waals surface area contributed by atoms with Gasteiger partial charge in [0, 0.05) is 11.3 Å². The summed E-state index contributed by atoms with van der Waals surface area (Å²) in [4.78, 5) is 14.8. The van der Waals surface area contributed by atoms with E-state index in [0.29, 0.717) is 13.2 Å². The number of hydrogen-bond acceptors (Lipinski definition) is 3. The third-order valence-corrected chi connectivity index (χ3v) is 5.16. The first-order valence-corrected chi connectivity index (χ1v) is 8.21. The molecular weight excluding hydrogens is 350 g/mol. The van der Waals surface area contributed by atoms with Crippen LogP contribution >= 0.6 is 11.8 Å². The number of carbonyl (C=O) groups excluding carboxylic acids is 1. The van der Waals surface area contributed by atoms with Gasteiger partial charge in [0.05, 0.1) is 0 Å². The molecule has 0 saturated heterocycles. The lowest BCUT2D eigenvalue weighted by Crippen LogP contribution is -3.09. The Hall–Kier alpha value is -0.780. The number of nitrogens with one attached hydrogen (secondary N) is 1. The summed E-state index contributed by atoms with van der Waals surface area (Å²) in [5.41, 5.74) is 2.52. The van der Waals surface area contributed by atoms with Gasteiger partial charge in [-0.25, -0.2) is 4.79 Å². The van der Waals surface area contributed by atoms with Crippen molar-refractivity contribution in [2.75, 3.05) is 12.4 Å². The fraction of sp³-hybridized carbons (Fsp3) is 0.438. The Kier molecular flexibility index (Phi) is 6.33. The zero-order chi connectivity index (χ0) is 13.8. The van der Waals surface area contributed by atoms with E-state index in [4.69, 9.17) is 4.74 Å². The fourth-order valence-corrected chi connectivity index (χ4v) is 4.13. The van der Waals surface area contributed by atoms with E-state index in [1.165, 1.54) is 34.8 Å². The van der Waals surface area contributed by atoms with Crippen LogP contribution in [-0.2, 0) is 16.1 Å². The molecule has 3 nitrogen and oxygen atoms in total. The molecule has 3 rings (SSSR count). The average molecular weight is 370 g/mol. The van der Waals surface area contributed by atoms with Crippen molar-refractivity contribution in [3.8, 4) is 0 Å². The average Bonchev–Trinajstić information content (AvgIpc) is 2.90. The standard InChI is InChI=1S/C16H19NO2S.BrH/c18-16(19-11-13-6-2-1-3-7-13)10-17-12-20-15-9-5-4-8-14(15)17;/h1-3,6-7H,4-5,8-12H2;1H. The van der Waals surface area contributed by atoms with E-state index in [-0.39, 0.29) is 23.0 Å². The van der Waals surface area contributed by atoms with E-state index in [2.05, 4.69) is 0 Å². The zero-order valence-corrected chi connectivity index (χ0v) is 14.3. The molecule has 0 bridgehead atoms. The van der Waals surface area contributed by atoms with E-state index in [9.17, 15) is 4.79 Å². The van der Waals surface area contributed by atoms with E-state index in [0.717, 1.165) is 17.9 Å². The summed E-state index contributed by atoms with van der Waals surface area (Å²) in [6.07, 6.45) is 4.94. The molecule has 21 heavy (non-hydrogen) atoms.